The first-order chi connectivity index (χ1) is 14.7. The third kappa shape index (κ3) is 4.88. The van der Waals surface area contributed by atoms with Gasteiger partial charge in [0.25, 0.3) is 15.9 Å². The predicted molar refractivity (Wildman–Crippen MR) is 122 cm³/mol. The molecule has 3 rings (SSSR count). The zero-order valence-electron chi connectivity index (χ0n) is 18.1. The van der Waals surface area contributed by atoms with Crippen molar-refractivity contribution in [2.75, 3.05) is 25.5 Å². The number of benzene rings is 3. The van der Waals surface area contributed by atoms with E-state index in [-0.39, 0.29) is 10.8 Å². The van der Waals surface area contributed by atoms with Gasteiger partial charge in [0.2, 0.25) is 0 Å². The number of sulfonamides is 1. The Labute approximate surface area is 183 Å². The molecule has 0 aliphatic carbocycles. The molecule has 3 aromatic carbocycles. The van der Waals surface area contributed by atoms with E-state index in [2.05, 4.69) is 0 Å². The summed E-state index contributed by atoms with van der Waals surface area (Å²) >= 11 is 0. The second kappa shape index (κ2) is 9.22. The van der Waals surface area contributed by atoms with E-state index in [4.69, 9.17) is 4.74 Å². The first-order valence-electron chi connectivity index (χ1n) is 9.77. The number of nitrogens with zero attached hydrogens (tertiary/aromatic N) is 2. The fraction of sp³-hybridized carbons (Fsp3) is 0.208. The average molecular weight is 439 g/mol. The van der Waals surface area contributed by atoms with Gasteiger partial charge < -0.3 is 9.64 Å². The maximum Gasteiger partial charge on any atom is 0.264 e. The maximum atomic E-state index is 13.1. The van der Waals surface area contributed by atoms with Crippen LogP contribution < -0.4 is 9.04 Å². The lowest BCUT2D eigenvalue weighted by atomic mass is 10.1. The lowest BCUT2D eigenvalue weighted by Crippen LogP contribution is -2.29. The molecule has 0 bridgehead atoms. The van der Waals surface area contributed by atoms with E-state index in [9.17, 15) is 13.2 Å². The van der Waals surface area contributed by atoms with Gasteiger partial charge in [0.05, 0.1) is 17.7 Å². The summed E-state index contributed by atoms with van der Waals surface area (Å²) < 4.78 is 32.6. The molecule has 0 radical (unpaired) electrons. The van der Waals surface area contributed by atoms with Gasteiger partial charge in [-0.25, -0.2) is 8.42 Å². The van der Waals surface area contributed by atoms with Crippen LogP contribution in [0.15, 0.2) is 77.7 Å². The Morgan fingerprint density at radius 2 is 1.58 bits per heavy atom. The van der Waals surface area contributed by atoms with Gasteiger partial charge in [-0.15, -0.1) is 0 Å². The Balaban J connectivity index is 1.88. The second-order valence-corrected chi connectivity index (χ2v) is 9.27. The highest BCUT2D eigenvalue weighted by Crippen LogP contribution is 2.28. The standard InChI is InChI=1S/C24H26N2O4S/c1-18-10-11-20(24(27)25(2)17-19-8-6-5-7-9-19)16-23(18)26(3)31(28,29)22-14-12-21(30-4)13-15-22/h5-16H,17H2,1-4H3. The topological polar surface area (TPSA) is 66.9 Å². The lowest BCUT2D eigenvalue weighted by molar-refractivity contribution is 0.0785. The molecule has 0 aromatic heterocycles. The van der Waals surface area contributed by atoms with Crippen molar-refractivity contribution in [2.45, 2.75) is 18.4 Å². The Hall–Kier alpha value is -3.32. The quantitative estimate of drug-likeness (QED) is 0.557. The van der Waals surface area contributed by atoms with E-state index in [1.807, 2.05) is 37.3 Å². The van der Waals surface area contributed by atoms with Gasteiger partial charge in [0.1, 0.15) is 5.75 Å². The van der Waals surface area contributed by atoms with Crippen molar-refractivity contribution in [3.63, 3.8) is 0 Å². The zero-order valence-corrected chi connectivity index (χ0v) is 18.9. The van der Waals surface area contributed by atoms with Crippen LogP contribution >= 0.6 is 0 Å². The van der Waals surface area contributed by atoms with Crippen molar-refractivity contribution in [3.8, 4) is 5.75 Å². The van der Waals surface area contributed by atoms with Crippen LogP contribution in [-0.2, 0) is 16.6 Å². The summed E-state index contributed by atoms with van der Waals surface area (Å²) in [5.74, 6) is 0.396. The number of carbonyl (C=O) groups excluding carboxylic acids is 1. The molecule has 0 fully saturated rings. The van der Waals surface area contributed by atoms with Crippen molar-refractivity contribution in [1.29, 1.82) is 0 Å². The third-order valence-corrected chi connectivity index (χ3v) is 6.91. The minimum atomic E-state index is -3.80. The van der Waals surface area contributed by atoms with Crippen molar-refractivity contribution < 1.29 is 17.9 Å². The normalized spacial score (nSPS) is 11.1. The molecular weight excluding hydrogens is 412 g/mol. The number of hydrogen-bond donors (Lipinski definition) is 0. The van der Waals surface area contributed by atoms with E-state index in [1.165, 1.54) is 30.6 Å². The Kier molecular flexibility index (Phi) is 6.65. The summed E-state index contributed by atoms with van der Waals surface area (Å²) in [6, 6.07) is 21.0. The highest BCUT2D eigenvalue weighted by atomic mass is 32.2. The summed E-state index contributed by atoms with van der Waals surface area (Å²) in [6.45, 7) is 2.28. The molecule has 0 N–H and O–H groups in total. The Morgan fingerprint density at radius 3 is 2.19 bits per heavy atom. The van der Waals surface area contributed by atoms with E-state index in [0.29, 0.717) is 23.5 Å². The van der Waals surface area contributed by atoms with E-state index < -0.39 is 10.0 Å². The van der Waals surface area contributed by atoms with Crippen LogP contribution in [-0.4, -0.2) is 40.4 Å². The van der Waals surface area contributed by atoms with Gasteiger partial charge in [0.15, 0.2) is 0 Å². The van der Waals surface area contributed by atoms with Gasteiger partial charge in [-0.05, 0) is 54.4 Å². The number of rotatable bonds is 7. The molecule has 162 valence electrons. The molecule has 0 heterocycles. The third-order valence-electron chi connectivity index (χ3n) is 5.12. The predicted octanol–water partition coefficient (Wildman–Crippen LogP) is 4.10. The van der Waals surface area contributed by atoms with Crippen molar-refractivity contribution in [3.05, 3.63) is 89.5 Å². The van der Waals surface area contributed by atoms with Crippen molar-refractivity contribution in [1.82, 2.24) is 4.90 Å². The molecular formula is C24H26N2O4S. The van der Waals surface area contributed by atoms with Gasteiger partial charge in [-0.3, -0.25) is 9.10 Å². The monoisotopic (exact) mass is 438 g/mol. The molecule has 1 amide bonds. The first kappa shape index (κ1) is 22.4. The molecule has 7 heteroatoms. The van der Waals surface area contributed by atoms with E-state index in [0.717, 1.165) is 11.1 Å². The summed E-state index contributed by atoms with van der Waals surface area (Å²) in [5, 5.41) is 0. The Morgan fingerprint density at radius 1 is 0.935 bits per heavy atom. The van der Waals surface area contributed by atoms with Crippen LogP contribution in [0, 0.1) is 6.92 Å². The van der Waals surface area contributed by atoms with E-state index >= 15 is 0 Å². The number of anilines is 1. The van der Waals surface area contributed by atoms with Crippen LogP contribution in [0.5, 0.6) is 5.75 Å². The first-order valence-corrected chi connectivity index (χ1v) is 11.2. The van der Waals surface area contributed by atoms with Crippen molar-refractivity contribution >= 4 is 21.6 Å². The summed E-state index contributed by atoms with van der Waals surface area (Å²) in [7, 11) is 0.945. The lowest BCUT2D eigenvalue weighted by Gasteiger charge is -2.23. The minimum absolute atomic E-state index is 0.146. The van der Waals surface area contributed by atoms with Gasteiger partial charge in [0, 0.05) is 26.2 Å². The van der Waals surface area contributed by atoms with Crippen LogP contribution in [0.3, 0.4) is 0 Å². The van der Waals surface area contributed by atoms with Crippen molar-refractivity contribution in [2.24, 2.45) is 0 Å². The van der Waals surface area contributed by atoms with Crippen LogP contribution in [0.25, 0.3) is 0 Å². The molecule has 0 aliphatic heterocycles. The number of amides is 1. The van der Waals surface area contributed by atoms with Gasteiger partial charge in [-0.2, -0.15) is 0 Å². The highest BCUT2D eigenvalue weighted by molar-refractivity contribution is 7.92. The fourth-order valence-electron chi connectivity index (χ4n) is 3.27. The number of hydrogen-bond acceptors (Lipinski definition) is 4. The number of ether oxygens (including phenoxy) is 1. The maximum absolute atomic E-state index is 13.1. The van der Waals surface area contributed by atoms with E-state index in [1.54, 1.807) is 42.3 Å². The smallest absolute Gasteiger partial charge is 0.264 e. The minimum Gasteiger partial charge on any atom is -0.497 e. The Bertz CT molecular complexity index is 1160. The highest BCUT2D eigenvalue weighted by Gasteiger charge is 2.24. The molecule has 0 spiro atoms. The molecule has 0 unspecified atom stereocenters. The molecule has 0 saturated carbocycles. The molecule has 0 aliphatic rings. The van der Waals surface area contributed by atoms with Crippen LogP contribution in [0.1, 0.15) is 21.5 Å². The summed E-state index contributed by atoms with van der Waals surface area (Å²) in [4.78, 5) is 14.7. The SMILES string of the molecule is COc1ccc(S(=O)(=O)N(C)c2cc(C(=O)N(C)Cc3ccccc3)ccc2C)cc1. The molecule has 6 nitrogen and oxygen atoms in total. The number of aryl methyl sites for hydroxylation is 1. The van der Waals surface area contributed by atoms with Crippen LogP contribution in [0.2, 0.25) is 0 Å². The second-order valence-electron chi connectivity index (χ2n) is 7.30. The summed E-state index contributed by atoms with van der Waals surface area (Å²) in [6.07, 6.45) is 0. The fourth-order valence-corrected chi connectivity index (χ4v) is 4.52. The van der Waals surface area contributed by atoms with Gasteiger partial charge >= 0.3 is 0 Å². The molecule has 31 heavy (non-hydrogen) atoms. The number of methoxy groups -OCH3 is 1. The average Bonchev–Trinajstić information content (AvgIpc) is 2.79. The molecule has 0 atom stereocenters. The molecule has 3 aromatic rings. The largest absolute Gasteiger partial charge is 0.497 e. The van der Waals surface area contributed by atoms with Crippen LogP contribution in [0.4, 0.5) is 5.69 Å². The molecule has 0 saturated heterocycles. The van der Waals surface area contributed by atoms with Gasteiger partial charge in [-0.1, -0.05) is 36.4 Å². The zero-order chi connectivity index (χ0) is 22.6. The summed E-state index contributed by atoms with van der Waals surface area (Å²) in [5.41, 5.74) is 2.65. The number of carbonyl (C=O) groups is 1.